The molecule has 2 N–H and O–H groups in total. The van der Waals surface area contributed by atoms with Crippen molar-refractivity contribution >= 4 is 17.5 Å². The number of carbonyl (C=O) groups is 1. The highest BCUT2D eigenvalue weighted by atomic mass is 35.5. The minimum Gasteiger partial charge on any atom is -0.350 e. The average molecular weight is 374 g/mol. The number of piperidine rings is 1. The van der Waals surface area contributed by atoms with Crippen molar-refractivity contribution in [1.29, 1.82) is 0 Å². The van der Waals surface area contributed by atoms with E-state index in [2.05, 4.69) is 22.1 Å². The van der Waals surface area contributed by atoms with Crippen LogP contribution in [0.1, 0.15) is 41.7 Å². The quantitative estimate of drug-likeness (QED) is 0.845. The van der Waals surface area contributed by atoms with Gasteiger partial charge in [0.05, 0.1) is 11.6 Å². The summed E-state index contributed by atoms with van der Waals surface area (Å²) < 4.78 is 0. The molecule has 0 aliphatic carbocycles. The van der Waals surface area contributed by atoms with Crippen LogP contribution in [0.5, 0.6) is 0 Å². The maximum absolute atomic E-state index is 12.4. The van der Waals surface area contributed by atoms with Gasteiger partial charge in [-0.05, 0) is 55.6 Å². The molecule has 1 unspecified atom stereocenters. The van der Waals surface area contributed by atoms with Gasteiger partial charge in [0.25, 0.3) is 5.91 Å². The van der Waals surface area contributed by atoms with Crippen LogP contribution in [0, 0.1) is 5.92 Å². The lowest BCUT2D eigenvalue weighted by Gasteiger charge is -2.37. The number of rotatable bonds is 5. The average Bonchev–Trinajstić information content (AvgIpc) is 2.65. The molecule has 2 aromatic rings. The van der Waals surface area contributed by atoms with Crippen molar-refractivity contribution in [1.82, 2.24) is 15.2 Å². The zero-order valence-corrected chi connectivity index (χ0v) is 15.6. The molecule has 0 bridgehead atoms. The van der Waals surface area contributed by atoms with E-state index in [0.29, 0.717) is 17.1 Å². The van der Waals surface area contributed by atoms with Crippen LogP contribution in [0.15, 0.2) is 47.4 Å². The van der Waals surface area contributed by atoms with E-state index >= 15 is 0 Å². The van der Waals surface area contributed by atoms with E-state index in [-0.39, 0.29) is 17.5 Å². The fourth-order valence-corrected chi connectivity index (χ4v) is 3.45. The maximum Gasteiger partial charge on any atom is 0.252 e. The number of pyridine rings is 1. The van der Waals surface area contributed by atoms with Gasteiger partial charge in [0.2, 0.25) is 5.56 Å². The summed E-state index contributed by atoms with van der Waals surface area (Å²) in [5, 5.41) is 3.71. The molecule has 1 fully saturated rings. The first-order valence-corrected chi connectivity index (χ1v) is 9.37. The highest BCUT2D eigenvalue weighted by molar-refractivity contribution is 6.30. The number of benzene rings is 1. The number of H-pyrrole nitrogens is 1. The van der Waals surface area contributed by atoms with E-state index in [1.54, 1.807) is 0 Å². The summed E-state index contributed by atoms with van der Waals surface area (Å²) >= 11 is 6.03. The summed E-state index contributed by atoms with van der Waals surface area (Å²) in [6.07, 6.45) is 3.77. The third-order valence-electron chi connectivity index (χ3n) is 5.02. The first kappa shape index (κ1) is 18.7. The lowest BCUT2D eigenvalue weighted by atomic mass is 9.95. The molecule has 26 heavy (non-hydrogen) atoms. The minimum atomic E-state index is -0.219. The molecule has 1 amide bonds. The third-order valence-corrected chi connectivity index (χ3v) is 5.27. The third kappa shape index (κ3) is 4.74. The molecule has 5 nitrogen and oxygen atoms in total. The van der Waals surface area contributed by atoms with Crippen molar-refractivity contribution in [2.45, 2.75) is 25.8 Å². The summed E-state index contributed by atoms with van der Waals surface area (Å²) in [4.78, 5) is 28.5. The van der Waals surface area contributed by atoms with Crippen LogP contribution in [-0.4, -0.2) is 35.4 Å². The highest BCUT2D eigenvalue weighted by Crippen LogP contribution is 2.27. The number of nitrogens with zero attached hydrogens (tertiary/aromatic N) is 1. The van der Waals surface area contributed by atoms with Crippen molar-refractivity contribution in [3.05, 3.63) is 69.1 Å². The molecule has 1 atom stereocenters. The monoisotopic (exact) mass is 373 g/mol. The van der Waals surface area contributed by atoms with Crippen LogP contribution in [0.25, 0.3) is 0 Å². The second kappa shape index (κ2) is 8.52. The largest absolute Gasteiger partial charge is 0.350 e. The fourth-order valence-electron chi connectivity index (χ4n) is 3.33. The molecule has 138 valence electrons. The summed E-state index contributed by atoms with van der Waals surface area (Å²) in [6, 6.07) is 10.8. The number of nitrogens with one attached hydrogen (secondary N) is 2. The topological polar surface area (TPSA) is 65.2 Å². The Balaban J connectivity index is 1.72. The summed E-state index contributed by atoms with van der Waals surface area (Å²) in [5.41, 5.74) is 1.38. The Hall–Kier alpha value is -2.11. The summed E-state index contributed by atoms with van der Waals surface area (Å²) in [5.74, 6) is 0.554. The van der Waals surface area contributed by atoms with Gasteiger partial charge in [-0.2, -0.15) is 0 Å². The molecular formula is C20H24ClN3O2. The highest BCUT2D eigenvalue weighted by Gasteiger charge is 2.25. The molecule has 1 saturated heterocycles. The lowest BCUT2D eigenvalue weighted by molar-refractivity contribution is 0.0912. The van der Waals surface area contributed by atoms with Gasteiger partial charge in [-0.15, -0.1) is 0 Å². The second-order valence-corrected chi connectivity index (χ2v) is 7.37. The van der Waals surface area contributed by atoms with E-state index in [9.17, 15) is 9.59 Å². The number of aromatic amines is 1. The van der Waals surface area contributed by atoms with Crippen LogP contribution in [0.3, 0.4) is 0 Å². The Kier molecular flexibility index (Phi) is 6.12. The molecule has 0 radical (unpaired) electrons. The van der Waals surface area contributed by atoms with Gasteiger partial charge in [-0.25, -0.2) is 0 Å². The summed E-state index contributed by atoms with van der Waals surface area (Å²) in [7, 11) is 0. The molecule has 6 heteroatoms. The fraction of sp³-hybridized carbons (Fsp3) is 0.400. The van der Waals surface area contributed by atoms with Gasteiger partial charge in [0.15, 0.2) is 0 Å². The van der Waals surface area contributed by atoms with E-state index < -0.39 is 0 Å². The van der Waals surface area contributed by atoms with Crippen LogP contribution >= 0.6 is 11.6 Å². The van der Waals surface area contributed by atoms with E-state index in [1.165, 1.54) is 18.3 Å². The van der Waals surface area contributed by atoms with Crippen molar-refractivity contribution < 1.29 is 4.79 Å². The van der Waals surface area contributed by atoms with Crippen molar-refractivity contribution in [3.63, 3.8) is 0 Å². The minimum absolute atomic E-state index is 0.103. The van der Waals surface area contributed by atoms with Gasteiger partial charge >= 0.3 is 0 Å². The molecule has 1 aromatic carbocycles. The summed E-state index contributed by atoms with van der Waals surface area (Å²) in [6.45, 7) is 4.83. The zero-order chi connectivity index (χ0) is 18.5. The van der Waals surface area contributed by atoms with Gasteiger partial charge in [0, 0.05) is 23.8 Å². The van der Waals surface area contributed by atoms with E-state index in [1.807, 2.05) is 24.3 Å². The van der Waals surface area contributed by atoms with Crippen LogP contribution in [0.2, 0.25) is 5.02 Å². The molecular weight excluding hydrogens is 350 g/mol. The molecule has 0 saturated carbocycles. The maximum atomic E-state index is 12.4. The smallest absolute Gasteiger partial charge is 0.252 e. The Bertz CT molecular complexity index is 775. The second-order valence-electron chi connectivity index (χ2n) is 6.94. The molecule has 2 heterocycles. The number of likely N-dealkylation sites (tertiary alicyclic amines) is 1. The van der Waals surface area contributed by atoms with Crippen LogP contribution in [0.4, 0.5) is 0 Å². The van der Waals surface area contributed by atoms with E-state index in [0.717, 1.165) is 37.4 Å². The predicted molar refractivity (Wildman–Crippen MR) is 104 cm³/mol. The Morgan fingerprint density at radius 3 is 2.54 bits per heavy atom. The van der Waals surface area contributed by atoms with Gasteiger partial charge in [0.1, 0.15) is 0 Å². The van der Waals surface area contributed by atoms with Crippen molar-refractivity contribution in [2.24, 2.45) is 5.92 Å². The molecule has 1 aliphatic heterocycles. The normalized spacial score (nSPS) is 17.0. The molecule has 1 aliphatic rings. The van der Waals surface area contributed by atoms with Gasteiger partial charge < -0.3 is 10.3 Å². The Morgan fingerprint density at radius 2 is 1.92 bits per heavy atom. The van der Waals surface area contributed by atoms with Crippen molar-refractivity contribution in [2.75, 3.05) is 19.6 Å². The Labute approximate surface area is 158 Å². The number of carbonyl (C=O) groups excluding carboxylic acids is 1. The van der Waals surface area contributed by atoms with E-state index in [4.69, 9.17) is 11.6 Å². The predicted octanol–water partition coefficient (Wildman–Crippen LogP) is 3.23. The van der Waals surface area contributed by atoms with Gasteiger partial charge in [-0.1, -0.05) is 30.7 Å². The number of hydrogen-bond donors (Lipinski definition) is 2. The molecule has 1 aromatic heterocycles. The molecule has 0 spiro atoms. The van der Waals surface area contributed by atoms with Crippen LogP contribution in [-0.2, 0) is 0 Å². The van der Waals surface area contributed by atoms with Crippen molar-refractivity contribution in [3.8, 4) is 0 Å². The number of halogens is 1. The zero-order valence-electron chi connectivity index (χ0n) is 14.9. The first-order chi connectivity index (χ1) is 12.5. The Morgan fingerprint density at radius 1 is 1.23 bits per heavy atom. The van der Waals surface area contributed by atoms with Gasteiger partial charge in [-0.3, -0.25) is 14.5 Å². The number of aromatic nitrogens is 1. The standard InChI is InChI=1S/C20H24ClN3O2/c1-14-8-10-24(11-9-14)18(15-2-5-17(21)6-3-15)13-23-20(26)16-4-7-19(25)22-12-16/h2-7,12,14,18H,8-11,13H2,1H3,(H,22,25)(H,23,26). The molecule has 3 rings (SSSR count). The van der Waals surface area contributed by atoms with Crippen LogP contribution < -0.4 is 10.9 Å². The first-order valence-electron chi connectivity index (χ1n) is 8.99. The SMILES string of the molecule is CC1CCN(C(CNC(=O)c2ccc(=O)[nH]c2)c2ccc(Cl)cc2)CC1. The number of hydrogen-bond acceptors (Lipinski definition) is 3. The number of amides is 1. The lowest BCUT2D eigenvalue weighted by Crippen LogP contribution is -2.42.